The lowest BCUT2D eigenvalue weighted by Gasteiger charge is -2.04. The Hall–Kier alpha value is -2.32. The van der Waals surface area contributed by atoms with E-state index in [-0.39, 0.29) is 6.61 Å². The monoisotopic (exact) mass is 250 g/mol. The minimum absolute atomic E-state index is 0.0381. The first-order valence-corrected chi connectivity index (χ1v) is 6.16. The molecule has 0 atom stereocenters. The van der Waals surface area contributed by atoms with Crippen LogP contribution in [0.5, 0.6) is 0 Å². The van der Waals surface area contributed by atoms with Crippen LogP contribution in [-0.2, 0) is 0 Å². The molecule has 2 heteroatoms. The van der Waals surface area contributed by atoms with Crippen molar-refractivity contribution in [3.05, 3.63) is 66.7 Å². The van der Waals surface area contributed by atoms with E-state index < -0.39 is 0 Å². The number of hydrogen-bond acceptors (Lipinski definition) is 2. The van der Waals surface area contributed by atoms with Gasteiger partial charge in [-0.25, -0.2) is 0 Å². The molecule has 0 unspecified atom stereocenters. The third-order valence-electron chi connectivity index (χ3n) is 3.17. The first kappa shape index (κ1) is 11.8. The van der Waals surface area contributed by atoms with Crippen molar-refractivity contribution in [1.29, 1.82) is 0 Å². The van der Waals surface area contributed by atoms with Gasteiger partial charge < -0.3 is 9.52 Å². The van der Waals surface area contributed by atoms with Crippen LogP contribution in [0.25, 0.3) is 27.9 Å². The molecule has 0 fully saturated rings. The fraction of sp³-hybridized carbons (Fsp3) is 0.0588. The Morgan fingerprint density at radius 2 is 1.89 bits per heavy atom. The normalized spacial score (nSPS) is 10.8. The van der Waals surface area contributed by atoms with Gasteiger partial charge >= 0.3 is 0 Å². The smallest absolute Gasteiger partial charge is 0.135 e. The quantitative estimate of drug-likeness (QED) is 0.759. The number of rotatable bonds is 3. The molecule has 1 N–H and O–H groups in total. The van der Waals surface area contributed by atoms with Gasteiger partial charge in [-0.2, -0.15) is 0 Å². The largest absolute Gasteiger partial charge is 0.456 e. The molecule has 3 rings (SSSR count). The highest BCUT2D eigenvalue weighted by Gasteiger charge is 2.07. The van der Waals surface area contributed by atoms with Gasteiger partial charge in [0.25, 0.3) is 0 Å². The van der Waals surface area contributed by atoms with Gasteiger partial charge in [0.1, 0.15) is 11.3 Å². The Morgan fingerprint density at radius 3 is 2.68 bits per heavy atom. The van der Waals surface area contributed by atoms with Crippen molar-refractivity contribution in [1.82, 2.24) is 0 Å². The van der Waals surface area contributed by atoms with E-state index in [9.17, 15) is 0 Å². The van der Waals surface area contributed by atoms with Gasteiger partial charge in [0.2, 0.25) is 0 Å². The van der Waals surface area contributed by atoms with Crippen LogP contribution >= 0.6 is 0 Å². The predicted molar refractivity (Wildman–Crippen MR) is 77.8 cm³/mol. The maximum Gasteiger partial charge on any atom is 0.135 e. The molecule has 0 radical (unpaired) electrons. The summed E-state index contributed by atoms with van der Waals surface area (Å²) in [5.74, 6) is 0.828. The van der Waals surface area contributed by atoms with Crippen LogP contribution in [0.3, 0.4) is 0 Å². The molecular formula is C17H14O2. The van der Waals surface area contributed by atoms with Gasteiger partial charge in [0.05, 0.1) is 6.61 Å². The van der Waals surface area contributed by atoms with Crippen LogP contribution in [-0.4, -0.2) is 11.7 Å². The Labute approximate surface area is 111 Å². The van der Waals surface area contributed by atoms with Gasteiger partial charge in [-0.15, -0.1) is 0 Å². The second-order valence-corrected chi connectivity index (χ2v) is 4.49. The molecule has 19 heavy (non-hydrogen) atoms. The van der Waals surface area contributed by atoms with Crippen LogP contribution < -0.4 is 0 Å². The minimum Gasteiger partial charge on any atom is -0.456 e. The molecule has 3 aromatic rings. The lowest BCUT2D eigenvalue weighted by Crippen LogP contribution is -1.88. The third-order valence-corrected chi connectivity index (χ3v) is 3.17. The van der Waals surface area contributed by atoms with Gasteiger partial charge in [-0.05, 0) is 29.3 Å². The molecule has 0 aliphatic carbocycles. The van der Waals surface area contributed by atoms with E-state index in [1.165, 1.54) is 0 Å². The standard InChI is InChI=1S/C17H14O2/c1-12(11-18)13-6-4-7-14(9-13)17-10-15-5-2-3-8-16(15)19-17/h2-10,18H,1,11H2. The van der Waals surface area contributed by atoms with Crippen LogP contribution in [0.1, 0.15) is 5.56 Å². The van der Waals surface area contributed by atoms with Gasteiger partial charge in [0.15, 0.2) is 0 Å². The molecule has 1 heterocycles. The first-order valence-electron chi connectivity index (χ1n) is 6.16. The van der Waals surface area contributed by atoms with Crippen molar-refractivity contribution in [2.24, 2.45) is 0 Å². The average molecular weight is 250 g/mol. The number of hydrogen-bond donors (Lipinski definition) is 1. The second kappa shape index (κ2) is 4.75. The van der Waals surface area contributed by atoms with Gasteiger partial charge in [-0.3, -0.25) is 0 Å². The van der Waals surface area contributed by atoms with E-state index in [1.54, 1.807) is 0 Å². The van der Waals surface area contributed by atoms with Gasteiger partial charge in [-0.1, -0.05) is 43.0 Å². The van der Waals surface area contributed by atoms with E-state index in [0.717, 1.165) is 27.9 Å². The summed E-state index contributed by atoms with van der Waals surface area (Å²) in [7, 11) is 0. The summed E-state index contributed by atoms with van der Waals surface area (Å²) < 4.78 is 5.83. The summed E-state index contributed by atoms with van der Waals surface area (Å²) in [6, 6.07) is 17.8. The molecule has 2 aromatic carbocycles. The summed E-state index contributed by atoms with van der Waals surface area (Å²) in [5, 5.41) is 10.2. The molecule has 1 aromatic heterocycles. The van der Waals surface area contributed by atoms with E-state index in [2.05, 4.69) is 6.58 Å². The Bertz CT molecular complexity index is 705. The van der Waals surface area contributed by atoms with E-state index >= 15 is 0 Å². The Kier molecular flexibility index (Phi) is 2.94. The maximum atomic E-state index is 9.14. The third kappa shape index (κ3) is 2.18. The SMILES string of the molecule is C=C(CO)c1cccc(-c2cc3ccccc3o2)c1. The highest BCUT2D eigenvalue weighted by Crippen LogP contribution is 2.29. The van der Waals surface area contributed by atoms with Crippen LogP contribution in [0, 0.1) is 0 Å². The molecular weight excluding hydrogens is 236 g/mol. The number of furan rings is 1. The molecule has 0 aliphatic heterocycles. The summed E-state index contributed by atoms with van der Waals surface area (Å²) in [6.45, 7) is 3.80. The van der Waals surface area contributed by atoms with Crippen molar-refractivity contribution in [3.8, 4) is 11.3 Å². The van der Waals surface area contributed by atoms with Crippen molar-refractivity contribution in [2.45, 2.75) is 0 Å². The molecule has 2 nitrogen and oxygen atoms in total. The minimum atomic E-state index is -0.0381. The molecule has 0 saturated heterocycles. The highest BCUT2D eigenvalue weighted by atomic mass is 16.3. The number of fused-ring (bicyclic) bond motifs is 1. The zero-order valence-corrected chi connectivity index (χ0v) is 10.5. The average Bonchev–Trinajstić information content (AvgIpc) is 2.90. The number of aliphatic hydroxyl groups excluding tert-OH is 1. The summed E-state index contributed by atoms with van der Waals surface area (Å²) in [6.07, 6.45) is 0. The molecule has 0 aliphatic rings. The van der Waals surface area contributed by atoms with Crippen molar-refractivity contribution in [2.75, 3.05) is 6.61 Å². The van der Waals surface area contributed by atoms with Gasteiger partial charge in [0, 0.05) is 10.9 Å². The highest BCUT2D eigenvalue weighted by molar-refractivity contribution is 5.83. The topological polar surface area (TPSA) is 33.4 Å². The zero-order valence-electron chi connectivity index (χ0n) is 10.5. The Morgan fingerprint density at radius 1 is 1.05 bits per heavy atom. The molecule has 0 amide bonds. The second-order valence-electron chi connectivity index (χ2n) is 4.49. The summed E-state index contributed by atoms with van der Waals surface area (Å²) >= 11 is 0. The molecule has 0 spiro atoms. The maximum absolute atomic E-state index is 9.14. The number of benzene rings is 2. The lowest BCUT2D eigenvalue weighted by atomic mass is 10.0. The predicted octanol–water partition coefficient (Wildman–Crippen LogP) is 4.11. The van der Waals surface area contributed by atoms with Crippen molar-refractivity contribution >= 4 is 16.5 Å². The fourth-order valence-corrected chi connectivity index (χ4v) is 2.11. The number of aliphatic hydroxyl groups is 1. The Balaban J connectivity index is 2.08. The molecule has 0 bridgehead atoms. The van der Waals surface area contributed by atoms with E-state index in [4.69, 9.17) is 9.52 Å². The molecule has 0 saturated carbocycles. The van der Waals surface area contributed by atoms with Crippen LogP contribution in [0.4, 0.5) is 0 Å². The van der Waals surface area contributed by atoms with E-state index in [0.29, 0.717) is 5.57 Å². The molecule has 94 valence electrons. The first-order chi connectivity index (χ1) is 9.28. The van der Waals surface area contributed by atoms with Crippen LogP contribution in [0.2, 0.25) is 0 Å². The fourth-order valence-electron chi connectivity index (χ4n) is 2.11. The number of para-hydroxylation sites is 1. The summed E-state index contributed by atoms with van der Waals surface area (Å²) in [4.78, 5) is 0. The van der Waals surface area contributed by atoms with Crippen molar-refractivity contribution < 1.29 is 9.52 Å². The van der Waals surface area contributed by atoms with Crippen molar-refractivity contribution in [3.63, 3.8) is 0 Å². The van der Waals surface area contributed by atoms with Crippen LogP contribution in [0.15, 0.2) is 65.6 Å². The lowest BCUT2D eigenvalue weighted by molar-refractivity contribution is 0.350. The zero-order chi connectivity index (χ0) is 13.2. The summed E-state index contributed by atoms with van der Waals surface area (Å²) in [5.41, 5.74) is 3.51. The van der Waals surface area contributed by atoms with E-state index in [1.807, 2.05) is 54.6 Å².